The smallest absolute Gasteiger partial charge is 0.410 e. The van der Waals surface area contributed by atoms with Crippen LogP contribution in [-0.4, -0.2) is 41.3 Å². The van der Waals surface area contributed by atoms with Gasteiger partial charge in [-0.05, 0) is 12.0 Å². The third-order valence-corrected chi connectivity index (χ3v) is 3.73. The van der Waals surface area contributed by atoms with Crippen molar-refractivity contribution in [1.82, 2.24) is 4.90 Å². The van der Waals surface area contributed by atoms with Gasteiger partial charge in [0, 0.05) is 13.1 Å². The Morgan fingerprint density at radius 3 is 2.43 bits per heavy atom. The van der Waals surface area contributed by atoms with Crippen LogP contribution in [0.25, 0.3) is 0 Å². The van der Waals surface area contributed by atoms with Crippen LogP contribution in [0.4, 0.5) is 18.0 Å². The number of amides is 1. The van der Waals surface area contributed by atoms with Crippen LogP contribution in [0, 0.1) is 11.8 Å². The number of nitrogens with zero attached hydrogens (tertiary/aromatic N) is 1. The first-order chi connectivity index (χ1) is 10.8. The number of carbonyl (C=O) groups excluding carboxylic acids is 1. The van der Waals surface area contributed by atoms with Crippen molar-refractivity contribution in [3.63, 3.8) is 0 Å². The Bertz CT molecular complexity index is 562. The quantitative estimate of drug-likeness (QED) is 0.925. The summed E-state index contributed by atoms with van der Waals surface area (Å²) in [5.41, 5.74) is 0.694. The van der Waals surface area contributed by atoms with Crippen LogP contribution in [0.15, 0.2) is 30.3 Å². The number of benzene rings is 1. The van der Waals surface area contributed by atoms with E-state index < -0.39 is 43.0 Å². The number of alkyl halides is 3. The highest BCUT2D eigenvalue weighted by molar-refractivity contribution is 5.73. The van der Waals surface area contributed by atoms with Crippen molar-refractivity contribution >= 4 is 12.1 Å². The van der Waals surface area contributed by atoms with Crippen LogP contribution >= 0.6 is 0 Å². The number of carboxylic acids is 1. The Kier molecular flexibility index (Phi) is 5.12. The van der Waals surface area contributed by atoms with E-state index in [1.54, 1.807) is 30.3 Å². The highest BCUT2D eigenvalue weighted by Crippen LogP contribution is 2.35. The molecule has 0 bridgehead atoms. The van der Waals surface area contributed by atoms with Crippen molar-refractivity contribution in [1.29, 1.82) is 0 Å². The zero-order valence-corrected chi connectivity index (χ0v) is 12.1. The molecule has 1 heterocycles. The van der Waals surface area contributed by atoms with Gasteiger partial charge >= 0.3 is 18.2 Å². The van der Waals surface area contributed by atoms with Gasteiger partial charge < -0.3 is 14.7 Å². The Morgan fingerprint density at radius 1 is 1.22 bits per heavy atom. The van der Waals surface area contributed by atoms with E-state index in [0.717, 1.165) is 4.90 Å². The van der Waals surface area contributed by atoms with Crippen LogP contribution in [0.1, 0.15) is 12.0 Å². The Labute approximate surface area is 130 Å². The fourth-order valence-corrected chi connectivity index (χ4v) is 2.47. The predicted molar refractivity (Wildman–Crippen MR) is 73.5 cm³/mol. The van der Waals surface area contributed by atoms with Gasteiger partial charge in [0.05, 0.1) is 11.8 Å². The molecule has 1 aliphatic rings. The van der Waals surface area contributed by atoms with Gasteiger partial charge in [-0.25, -0.2) is 4.79 Å². The average Bonchev–Trinajstić information content (AvgIpc) is 2.52. The van der Waals surface area contributed by atoms with Crippen molar-refractivity contribution in [2.75, 3.05) is 13.1 Å². The van der Waals surface area contributed by atoms with Crippen LogP contribution in [0.2, 0.25) is 0 Å². The predicted octanol–water partition coefficient (Wildman–Crippen LogP) is 2.91. The van der Waals surface area contributed by atoms with Gasteiger partial charge in [0.25, 0.3) is 0 Å². The summed E-state index contributed by atoms with van der Waals surface area (Å²) in [6.45, 7) is -0.943. The van der Waals surface area contributed by atoms with E-state index in [1.807, 2.05) is 0 Å². The molecule has 2 rings (SSSR count). The number of aliphatic carboxylic acids is 1. The molecule has 2 atom stereocenters. The SMILES string of the molecule is O=C(O)[C@H]1C[C@@H](C(F)(F)F)CN(C(=O)OCc2ccccc2)C1. The number of hydrogen-bond donors (Lipinski definition) is 1. The van der Waals surface area contributed by atoms with E-state index in [-0.39, 0.29) is 13.2 Å². The minimum absolute atomic E-state index is 0.0788. The molecule has 23 heavy (non-hydrogen) atoms. The largest absolute Gasteiger partial charge is 0.481 e. The van der Waals surface area contributed by atoms with Crippen molar-refractivity contribution in [2.24, 2.45) is 11.8 Å². The highest BCUT2D eigenvalue weighted by Gasteiger charge is 2.47. The molecule has 1 saturated heterocycles. The number of carbonyl (C=O) groups is 2. The lowest BCUT2D eigenvalue weighted by atomic mass is 9.89. The second-order valence-corrected chi connectivity index (χ2v) is 5.45. The van der Waals surface area contributed by atoms with E-state index >= 15 is 0 Å². The fourth-order valence-electron chi connectivity index (χ4n) is 2.47. The molecule has 1 N–H and O–H groups in total. The molecule has 1 fully saturated rings. The average molecular weight is 331 g/mol. The van der Waals surface area contributed by atoms with Gasteiger partial charge in [0.15, 0.2) is 0 Å². The van der Waals surface area contributed by atoms with Crippen molar-refractivity contribution in [2.45, 2.75) is 19.2 Å². The lowest BCUT2D eigenvalue weighted by Gasteiger charge is -2.36. The zero-order valence-electron chi connectivity index (χ0n) is 12.1. The molecule has 8 heteroatoms. The number of hydrogen-bond acceptors (Lipinski definition) is 3. The molecule has 0 aliphatic carbocycles. The van der Waals surface area contributed by atoms with Crippen LogP contribution < -0.4 is 0 Å². The monoisotopic (exact) mass is 331 g/mol. The summed E-state index contributed by atoms with van der Waals surface area (Å²) in [4.78, 5) is 23.8. The second-order valence-electron chi connectivity index (χ2n) is 5.45. The zero-order chi connectivity index (χ0) is 17.0. The molecule has 1 amide bonds. The Balaban J connectivity index is 2.01. The molecule has 126 valence electrons. The summed E-state index contributed by atoms with van der Waals surface area (Å²) >= 11 is 0. The van der Waals surface area contributed by atoms with Gasteiger partial charge in [-0.2, -0.15) is 13.2 Å². The summed E-state index contributed by atoms with van der Waals surface area (Å²) in [5.74, 6) is -4.46. The van der Waals surface area contributed by atoms with E-state index in [0.29, 0.717) is 5.56 Å². The molecule has 0 radical (unpaired) electrons. The maximum atomic E-state index is 12.9. The van der Waals surface area contributed by atoms with Crippen molar-refractivity contribution < 1.29 is 32.6 Å². The normalized spacial score (nSPS) is 21.8. The summed E-state index contributed by atoms with van der Waals surface area (Å²) in [5, 5.41) is 8.98. The third-order valence-electron chi connectivity index (χ3n) is 3.73. The van der Waals surface area contributed by atoms with E-state index in [2.05, 4.69) is 0 Å². The van der Waals surface area contributed by atoms with Crippen molar-refractivity contribution in [3.8, 4) is 0 Å². The number of likely N-dealkylation sites (tertiary alicyclic amines) is 1. The number of halogens is 3. The molecule has 0 saturated carbocycles. The molecule has 1 aliphatic heterocycles. The maximum absolute atomic E-state index is 12.9. The minimum atomic E-state index is -4.55. The molecule has 1 aromatic rings. The topological polar surface area (TPSA) is 66.8 Å². The van der Waals surface area contributed by atoms with Gasteiger partial charge in [-0.1, -0.05) is 30.3 Å². The Morgan fingerprint density at radius 2 is 1.87 bits per heavy atom. The first-order valence-electron chi connectivity index (χ1n) is 7.02. The molecule has 0 aromatic heterocycles. The van der Waals surface area contributed by atoms with Crippen LogP contribution in [-0.2, 0) is 16.1 Å². The van der Waals surface area contributed by atoms with E-state index in [4.69, 9.17) is 9.84 Å². The fraction of sp³-hybridized carbons (Fsp3) is 0.467. The molecule has 1 aromatic carbocycles. The molecular formula is C15H16F3NO4. The molecule has 0 spiro atoms. The van der Waals surface area contributed by atoms with Gasteiger partial charge in [0.2, 0.25) is 0 Å². The van der Waals surface area contributed by atoms with Gasteiger partial charge in [-0.3, -0.25) is 4.79 Å². The Hall–Kier alpha value is -2.25. The number of rotatable bonds is 3. The lowest BCUT2D eigenvalue weighted by molar-refractivity contribution is -0.192. The standard InChI is InChI=1S/C15H16F3NO4/c16-15(17,18)12-6-11(13(20)21)7-19(8-12)14(22)23-9-10-4-2-1-3-5-10/h1-5,11-12H,6-9H2,(H,20,21)/t11-,12+/m0/s1. The number of ether oxygens (including phenoxy) is 1. The summed E-state index contributed by atoms with van der Waals surface area (Å²) in [7, 11) is 0. The first-order valence-corrected chi connectivity index (χ1v) is 7.02. The van der Waals surface area contributed by atoms with Crippen LogP contribution in [0.5, 0.6) is 0 Å². The summed E-state index contributed by atoms with van der Waals surface area (Å²) in [6, 6.07) is 8.68. The molecule has 5 nitrogen and oxygen atoms in total. The highest BCUT2D eigenvalue weighted by atomic mass is 19.4. The molecule has 0 unspecified atom stereocenters. The van der Waals surface area contributed by atoms with E-state index in [1.165, 1.54) is 0 Å². The third kappa shape index (κ3) is 4.61. The molecular weight excluding hydrogens is 315 g/mol. The number of carboxylic acid groups (broad SMARTS) is 1. The van der Waals surface area contributed by atoms with E-state index in [9.17, 15) is 22.8 Å². The maximum Gasteiger partial charge on any atom is 0.410 e. The van der Waals surface area contributed by atoms with Gasteiger partial charge in [-0.15, -0.1) is 0 Å². The summed E-state index contributed by atoms with van der Waals surface area (Å²) < 4.78 is 43.7. The van der Waals surface area contributed by atoms with Crippen LogP contribution in [0.3, 0.4) is 0 Å². The number of piperidine rings is 1. The minimum Gasteiger partial charge on any atom is -0.481 e. The summed E-state index contributed by atoms with van der Waals surface area (Å²) in [6.07, 6.45) is -6.01. The van der Waals surface area contributed by atoms with Gasteiger partial charge in [0.1, 0.15) is 6.61 Å². The second kappa shape index (κ2) is 6.89. The first kappa shape index (κ1) is 17.1. The van der Waals surface area contributed by atoms with Crippen molar-refractivity contribution in [3.05, 3.63) is 35.9 Å². The lowest BCUT2D eigenvalue weighted by Crippen LogP contribution is -2.50.